The molecule has 2 N–H and O–H groups in total. The summed E-state index contributed by atoms with van der Waals surface area (Å²) in [7, 11) is 0. The zero-order chi connectivity index (χ0) is 6.83. The normalized spacial score (nSPS) is 5.56. The van der Waals surface area contributed by atoms with Gasteiger partial charge < -0.3 is 4.74 Å². The molecule has 0 unspecified atom stereocenters. The van der Waals surface area contributed by atoms with Crippen molar-refractivity contribution in [3.05, 3.63) is 0 Å². The SMILES string of the molecule is CCOCC.N=C=N.[Co]. The van der Waals surface area contributed by atoms with Crippen molar-refractivity contribution in [2.45, 2.75) is 13.8 Å². The Morgan fingerprint density at radius 2 is 1.44 bits per heavy atom. The van der Waals surface area contributed by atoms with Gasteiger partial charge >= 0.3 is 0 Å². The van der Waals surface area contributed by atoms with Crippen LogP contribution in [0.3, 0.4) is 0 Å². The topological polar surface area (TPSA) is 56.9 Å². The molecule has 0 aromatic rings. The van der Waals surface area contributed by atoms with Gasteiger partial charge in [0.1, 0.15) is 0 Å². The van der Waals surface area contributed by atoms with E-state index in [9.17, 15) is 0 Å². The van der Waals surface area contributed by atoms with E-state index in [0.717, 1.165) is 13.2 Å². The molecule has 0 spiro atoms. The van der Waals surface area contributed by atoms with Crippen LogP contribution in [0.2, 0.25) is 0 Å². The molecule has 0 bridgehead atoms. The third kappa shape index (κ3) is 78.7. The molecule has 0 aliphatic carbocycles. The smallest absolute Gasteiger partial charge is 0.0831 e. The van der Waals surface area contributed by atoms with E-state index in [0.29, 0.717) is 0 Å². The minimum atomic E-state index is 0. The third-order valence-electron chi connectivity index (χ3n) is 0.408. The summed E-state index contributed by atoms with van der Waals surface area (Å²) in [5, 5.41) is 11.2. The van der Waals surface area contributed by atoms with Crippen LogP contribution in [0.4, 0.5) is 0 Å². The maximum Gasteiger partial charge on any atom is 0.0831 e. The maximum absolute atomic E-state index is 5.62. The van der Waals surface area contributed by atoms with Gasteiger partial charge in [-0.2, -0.15) is 0 Å². The van der Waals surface area contributed by atoms with Gasteiger partial charge in [-0.1, -0.05) is 0 Å². The molecule has 0 aromatic heterocycles. The van der Waals surface area contributed by atoms with Crippen LogP contribution in [0.5, 0.6) is 0 Å². The summed E-state index contributed by atoms with van der Waals surface area (Å²) >= 11 is 0. The summed E-state index contributed by atoms with van der Waals surface area (Å²) in [6, 6.07) is 1.25. The van der Waals surface area contributed by atoms with Gasteiger partial charge in [0.2, 0.25) is 0 Å². The quantitative estimate of drug-likeness (QED) is 0.611. The second-order valence-electron chi connectivity index (χ2n) is 0.906. The molecule has 0 aliphatic heterocycles. The van der Waals surface area contributed by atoms with Crippen molar-refractivity contribution in [2.24, 2.45) is 0 Å². The van der Waals surface area contributed by atoms with Crippen LogP contribution in [-0.4, -0.2) is 19.2 Å². The molecule has 9 heavy (non-hydrogen) atoms. The van der Waals surface area contributed by atoms with Gasteiger partial charge in [-0.15, -0.1) is 0 Å². The van der Waals surface area contributed by atoms with E-state index in [2.05, 4.69) is 0 Å². The molecule has 4 heteroatoms. The molecule has 0 atom stereocenters. The minimum Gasteiger partial charge on any atom is -0.382 e. The van der Waals surface area contributed by atoms with Crippen molar-refractivity contribution in [1.82, 2.24) is 0 Å². The number of ether oxygens (including phenoxy) is 1. The average molecular weight is 175 g/mol. The van der Waals surface area contributed by atoms with Crippen LogP contribution in [0.25, 0.3) is 0 Å². The number of hydrogen-bond acceptors (Lipinski definition) is 3. The van der Waals surface area contributed by atoms with Crippen molar-refractivity contribution in [2.75, 3.05) is 13.2 Å². The van der Waals surface area contributed by atoms with Crippen LogP contribution in [0, 0.1) is 10.8 Å². The zero-order valence-electron chi connectivity index (χ0n) is 5.66. The summed E-state index contributed by atoms with van der Waals surface area (Å²) in [4.78, 5) is 0. The van der Waals surface area contributed by atoms with E-state index >= 15 is 0 Å². The van der Waals surface area contributed by atoms with E-state index in [4.69, 9.17) is 15.6 Å². The molecule has 0 aliphatic rings. The van der Waals surface area contributed by atoms with Crippen LogP contribution in [0.1, 0.15) is 13.8 Å². The van der Waals surface area contributed by atoms with Crippen LogP contribution < -0.4 is 0 Å². The Bertz CT molecular complexity index is 60.0. The Kier molecular flexibility index (Phi) is 44.0. The Balaban J connectivity index is -0.0000000800. The number of nitrogens with one attached hydrogen (secondary N) is 2. The molecule has 0 amide bonds. The van der Waals surface area contributed by atoms with Crippen molar-refractivity contribution in [3.63, 3.8) is 0 Å². The molecule has 57 valence electrons. The minimum absolute atomic E-state index is 0. The number of hydrogen-bond donors (Lipinski definition) is 2. The van der Waals surface area contributed by atoms with Gasteiger partial charge in [0.05, 0.1) is 6.01 Å². The van der Waals surface area contributed by atoms with E-state index < -0.39 is 0 Å². The molecule has 1 radical (unpaired) electrons. The van der Waals surface area contributed by atoms with E-state index in [-0.39, 0.29) is 16.8 Å². The molecule has 0 saturated carbocycles. The van der Waals surface area contributed by atoms with E-state index in [1.54, 1.807) is 0 Å². The first-order valence-corrected chi connectivity index (χ1v) is 2.49. The fourth-order valence-corrected chi connectivity index (χ4v) is 0.204. The van der Waals surface area contributed by atoms with Crippen LogP contribution in [0.15, 0.2) is 0 Å². The molecule has 0 saturated heterocycles. The predicted octanol–water partition coefficient (Wildman–Crippen LogP) is 1.36. The van der Waals surface area contributed by atoms with Gasteiger partial charge in [0.15, 0.2) is 0 Å². The molecular formula is C5H12CoN2O. The van der Waals surface area contributed by atoms with Crippen LogP contribution >= 0.6 is 0 Å². The Hall–Kier alpha value is -0.154. The summed E-state index contributed by atoms with van der Waals surface area (Å²) in [5.41, 5.74) is 0. The van der Waals surface area contributed by atoms with E-state index in [1.807, 2.05) is 13.8 Å². The third-order valence-corrected chi connectivity index (χ3v) is 0.408. The Labute approximate surface area is 66.0 Å². The zero-order valence-corrected chi connectivity index (χ0v) is 6.70. The van der Waals surface area contributed by atoms with E-state index in [1.165, 1.54) is 6.01 Å². The summed E-state index contributed by atoms with van der Waals surface area (Å²) in [6.07, 6.45) is 0. The van der Waals surface area contributed by atoms with Crippen LogP contribution in [-0.2, 0) is 21.5 Å². The summed E-state index contributed by atoms with van der Waals surface area (Å²) in [5.74, 6) is 0. The molecular weight excluding hydrogens is 163 g/mol. The van der Waals surface area contributed by atoms with Crippen molar-refractivity contribution >= 4 is 6.01 Å². The largest absolute Gasteiger partial charge is 0.382 e. The predicted molar refractivity (Wildman–Crippen MR) is 32.6 cm³/mol. The second kappa shape index (κ2) is 24.9. The fourth-order valence-electron chi connectivity index (χ4n) is 0.204. The van der Waals surface area contributed by atoms with Crippen molar-refractivity contribution in [3.8, 4) is 0 Å². The van der Waals surface area contributed by atoms with Gasteiger partial charge in [-0.25, -0.2) is 10.8 Å². The monoisotopic (exact) mass is 175 g/mol. The van der Waals surface area contributed by atoms with Crippen molar-refractivity contribution in [1.29, 1.82) is 10.8 Å². The molecule has 0 fully saturated rings. The molecule has 0 heterocycles. The first-order chi connectivity index (χ1) is 3.83. The van der Waals surface area contributed by atoms with Gasteiger partial charge in [-0.05, 0) is 13.8 Å². The summed E-state index contributed by atoms with van der Waals surface area (Å²) < 4.78 is 4.83. The Morgan fingerprint density at radius 1 is 1.22 bits per heavy atom. The van der Waals surface area contributed by atoms with Gasteiger partial charge in [0, 0.05) is 30.0 Å². The standard InChI is InChI=1S/C4H10O.CH2N2.Co/c1-3-5-4-2;2-1-3;/h3-4H2,1-2H3;2-3H;. The first kappa shape index (κ1) is 15.9. The maximum atomic E-state index is 5.62. The first-order valence-electron chi connectivity index (χ1n) is 2.49. The van der Waals surface area contributed by atoms with Gasteiger partial charge in [-0.3, -0.25) is 0 Å². The van der Waals surface area contributed by atoms with Gasteiger partial charge in [0.25, 0.3) is 0 Å². The average Bonchev–Trinajstić information content (AvgIpc) is 1.71. The number of rotatable bonds is 2. The fraction of sp³-hybridized carbons (Fsp3) is 0.800. The summed E-state index contributed by atoms with van der Waals surface area (Å²) in [6.45, 7) is 5.67. The second-order valence-corrected chi connectivity index (χ2v) is 0.906. The molecule has 0 aromatic carbocycles. The Morgan fingerprint density at radius 3 is 1.44 bits per heavy atom. The van der Waals surface area contributed by atoms with Crippen molar-refractivity contribution < 1.29 is 21.5 Å². The molecule has 0 rings (SSSR count). The molecule has 3 nitrogen and oxygen atoms in total.